The summed E-state index contributed by atoms with van der Waals surface area (Å²) in [5.41, 5.74) is 7.16. The number of carbonyl (C=O) groups is 1. The fourth-order valence-corrected chi connectivity index (χ4v) is 1.94. The minimum absolute atomic E-state index is 0.00644. The fraction of sp³-hybridized carbons (Fsp3) is 0.357. The molecule has 0 aliphatic heterocycles. The average molecular weight is 273 g/mol. The summed E-state index contributed by atoms with van der Waals surface area (Å²) in [6.07, 6.45) is 6.68. The predicted molar refractivity (Wildman–Crippen MR) is 76.6 cm³/mol. The number of aromatic nitrogens is 3. The van der Waals surface area contributed by atoms with Crippen molar-refractivity contribution < 1.29 is 4.79 Å². The van der Waals surface area contributed by atoms with Crippen molar-refractivity contribution in [1.82, 2.24) is 19.7 Å². The Morgan fingerprint density at radius 3 is 2.80 bits per heavy atom. The van der Waals surface area contributed by atoms with E-state index in [1.807, 2.05) is 26.0 Å². The number of nitrogens with two attached hydrogens (primary N) is 1. The van der Waals surface area contributed by atoms with E-state index in [1.54, 1.807) is 28.2 Å². The highest BCUT2D eigenvalue weighted by atomic mass is 16.2. The lowest BCUT2D eigenvalue weighted by Gasteiger charge is -2.26. The molecule has 0 aliphatic rings. The maximum absolute atomic E-state index is 12.4. The standard InChI is InChI=1S/C14H19N5O/c1-11(2)19(8-12-4-3-5-16-6-12)14(20)10-18-9-13(15)7-17-18/h3-7,9,11H,8,10,15H2,1-2H3. The molecule has 0 aliphatic carbocycles. The van der Waals surface area contributed by atoms with Gasteiger partial charge in [-0.05, 0) is 25.5 Å². The van der Waals surface area contributed by atoms with Crippen LogP contribution < -0.4 is 5.73 Å². The summed E-state index contributed by atoms with van der Waals surface area (Å²) in [6.45, 7) is 4.72. The monoisotopic (exact) mass is 273 g/mol. The molecule has 106 valence electrons. The lowest BCUT2D eigenvalue weighted by atomic mass is 10.2. The van der Waals surface area contributed by atoms with E-state index in [9.17, 15) is 4.79 Å². The van der Waals surface area contributed by atoms with Gasteiger partial charge in [0.15, 0.2) is 0 Å². The van der Waals surface area contributed by atoms with Crippen LogP contribution in [-0.4, -0.2) is 31.6 Å². The number of hydrogen-bond acceptors (Lipinski definition) is 4. The number of pyridine rings is 1. The van der Waals surface area contributed by atoms with Gasteiger partial charge in [0, 0.05) is 31.2 Å². The zero-order chi connectivity index (χ0) is 14.5. The van der Waals surface area contributed by atoms with Crippen molar-refractivity contribution in [3.8, 4) is 0 Å². The Morgan fingerprint density at radius 2 is 2.25 bits per heavy atom. The molecule has 2 N–H and O–H groups in total. The van der Waals surface area contributed by atoms with E-state index in [0.29, 0.717) is 12.2 Å². The van der Waals surface area contributed by atoms with Gasteiger partial charge in [-0.2, -0.15) is 5.10 Å². The van der Waals surface area contributed by atoms with Gasteiger partial charge in [-0.1, -0.05) is 6.07 Å². The molecule has 2 aromatic heterocycles. The molecule has 0 saturated heterocycles. The Labute approximate surface area is 118 Å². The number of amides is 1. The Bertz CT molecular complexity index is 564. The molecule has 0 radical (unpaired) electrons. The SMILES string of the molecule is CC(C)N(Cc1cccnc1)C(=O)Cn1cc(N)cn1. The second-order valence-corrected chi connectivity index (χ2v) is 4.95. The van der Waals surface area contributed by atoms with Crippen molar-refractivity contribution in [2.75, 3.05) is 5.73 Å². The van der Waals surface area contributed by atoms with Crippen molar-refractivity contribution in [1.29, 1.82) is 0 Å². The third kappa shape index (κ3) is 3.57. The van der Waals surface area contributed by atoms with E-state index in [0.717, 1.165) is 5.56 Å². The van der Waals surface area contributed by atoms with Crippen molar-refractivity contribution in [2.24, 2.45) is 0 Å². The molecule has 0 fully saturated rings. The lowest BCUT2D eigenvalue weighted by molar-refractivity contribution is -0.134. The molecule has 0 saturated carbocycles. The number of nitrogens with zero attached hydrogens (tertiary/aromatic N) is 4. The minimum Gasteiger partial charge on any atom is -0.396 e. The number of rotatable bonds is 5. The molecule has 6 nitrogen and oxygen atoms in total. The molecule has 2 aromatic rings. The molecule has 1 amide bonds. The molecule has 0 unspecified atom stereocenters. The summed E-state index contributed by atoms with van der Waals surface area (Å²) in [7, 11) is 0. The van der Waals surface area contributed by atoms with Crippen LogP contribution in [0.5, 0.6) is 0 Å². The molecule has 2 heterocycles. The molecule has 20 heavy (non-hydrogen) atoms. The fourth-order valence-electron chi connectivity index (χ4n) is 1.94. The maximum Gasteiger partial charge on any atom is 0.244 e. The van der Waals surface area contributed by atoms with Crippen LogP contribution in [0.1, 0.15) is 19.4 Å². The summed E-state index contributed by atoms with van der Waals surface area (Å²) in [5, 5.41) is 4.04. The summed E-state index contributed by atoms with van der Waals surface area (Å²) in [4.78, 5) is 18.2. The predicted octanol–water partition coefficient (Wildman–Crippen LogP) is 1.30. The Kier molecular flexibility index (Phi) is 4.34. The number of anilines is 1. The van der Waals surface area contributed by atoms with Gasteiger partial charge in [0.05, 0.1) is 11.9 Å². The first-order valence-electron chi connectivity index (χ1n) is 6.52. The van der Waals surface area contributed by atoms with Gasteiger partial charge in [0.25, 0.3) is 0 Å². The maximum atomic E-state index is 12.4. The summed E-state index contributed by atoms with van der Waals surface area (Å²) in [5.74, 6) is 0.00644. The molecule has 0 spiro atoms. The molecular weight excluding hydrogens is 254 g/mol. The van der Waals surface area contributed by atoms with Crippen LogP contribution >= 0.6 is 0 Å². The molecule has 2 rings (SSSR count). The molecule has 0 atom stereocenters. The van der Waals surface area contributed by atoms with Crippen molar-refractivity contribution >= 4 is 11.6 Å². The second kappa shape index (κ2) is 6.18. The smallest absolute Gasteiger partial charge is 0.244 e. The topological polar surface area (TPSA) is 77.0 Å². The van der Waals surface area contributed by atoms with Crippen LogP contribution in [-0.2, 0) is 17.9 Å². The first kappa shape index (κ1) is 14.0. The van der Waals surface area contributed by atoms with Gasteiger partial charge in [-0.25, -0.2) is 0 Å². The number of carbonyl (C=O) groups excluding carboxylic acids is 1. The Morgan fingerprint density at radius 1 is 1.45 bits per heavy atom. The van der Waals surface area contributed by atoms with E-state index >= 15 is 0 Å². The highest BCUT2D eigenvalue weighted by Crippen LogP contribution is 2.09. The van der Waals surface area contributed by atoms with E-state index in [4.69, 9.17) is 5.73 Å². The number of nitrogen functional groups attached to an aromatic ring is 1. The van der Waals surface area contributed by atoms with E-state index in [1.165, 1.54) is 6.20 Å². The summed E-state index contributed by atoms with van der Waals surface area (Å²) >= 11 is 0. The Balaban J connectivity index is 2.06. The first-order chi connectivity index (χ1) is 9.56. The second-order valence-electron chi connectivity index (χ2n) is 4.95. The quantitative estimate of drug-likeness (QED) is 0.890. The first-order valence-corrected chi connectivity index (χ1v) is 6.52. The summed E-state index contributed by atoms with van der Waals surface area (Å²) < 4.78 is 1.55. The molecule has 0 bridgehead atoms. The average Bonchev–Trinajstić information content (AvgIpc) is 2.82. The molecule has 0 aromatic carbocycles. The van der Waals surface area contributed by atoms with Crippen molar-refractivity contribution in [3.05, 3.63) is 42.5 Å². The van der Waals surface area contributed by atoms with Gasteiger partial charge < -0.3 is 10.6 Å². The van der Waals surface area contributed by atoms with Crippen LogP contribution in [0.15, 0.2) is 36.9 Å². The van der Waals surface area contributed by atoms with Crippen molar-refractivity contribution in [2.45, 2.75) is 33.0 Å². The zero-order valence-corrected chi connectivity index (χ0v) is 11.7. The third-order valence-corrected chi connectivity index (χ3v) is 2.97. The highest BCUT2D eigenvalue weighted by molar-refractivity contribution is 5.76. The molecular formula is C14H19N5O. The Hall–Kier alpha value is -2.37. The molecule has 6 heteroatoms. The number of hydrogen-bond donors (Lipinski definition) is 1. The van der Waals surface area contributed by atoms with Gasteiger partial charge >= 0.3 is 0 Å². The van der Waals surface area contributed by atoms with Crippen LogP contribution in [0.2, 0.25) is 0 Å². The van der Waals surface area contributed by atoms with E-state index < -0.39 is 0 Å². The van der Waals surface area contributed by atoms with Crippen LogP contribution in [0.4, 0.5) is 5.69 Å². The summed E-state index contributed by atoms with van der Waals surface area (Å²) in [6, 6.07) is 3.93. The van der Waals surface area contributed by atoms with Crippen molar-refractivity contribution in [3.63, 3.8) is 0 Å². The minimum atomic E-state index is 0.00644. The zero-order valence-electron chi connectivity index (χ0n) is 11.7. The third-order valence-electron chi connectivity index (χ3n) is 2.97. The highest BCUT2D eigenvalue weighted by Gasteiger charge is 2.18. The van der Waals surface area contributed by atoms with Crippen LogP contribution in [0, 0.1) is 0 Å². The largest absolute Gasteiger partial charge is 0.396 e. The van der Waals surface area contributed by atoms with Gasteiger partial charge in [-0.15, -0.1) is 0 Å². The van der Waals surface area contributed by atoms with E-state index in [2.05, 4.69) is 10.1 Å². The van der Waals surface area contributed by atoms with Gasteiger partial charge in [0.1, 0.15) is 6.54 Å². The van der Waals surface area contributed by atoms with Gasteiger partial charge in [-0.3, -0.25) is 14.5 Å². The van der Waals surface area contributed by atoms with Crippen LogP contribution in [0.3, 0.4) is 0 Å². The lowest BCUT2D eigenvalue weighted by Crippen LogP contribution is -2.38. The van der Waals surface area contributed by atoms with Crippen LogP contribution in [0.25, 0.3) is 0 Å². The van der Waals surface area contributed by atoms with E-state index in [-0.39, 0.29) is 18.5 Å². The van der Waals surface area contributed by atoms with Gasteiger partial charge in [0.2, 0.25) is 5.91 Å². The normalized spacial score (nSPS) is 10.8.